The number of rotatable bonds is 2. The molecule has 0 bridgehead atoms. The van der Waals surface area contributed by atoms with Gasteiger partial charge in [0.05, 0.1) is 0 Å². The van der Waals surface area contributed by atoms with Crippen molar-refractivity contribution in [3.63, 3.8) is 0 Å². The summed E-state index contributed by atoms with van der Waals surface area (Å²) in [5.74, 6) is 0.204. The van der Waals surface area contributed by atoms with Gasteiger partial charge >= 0.3 is 10.4 Å². The number of para-hydroxylation sites is 1. The minimum absolute atomic E-state index is 0.204. The van der Waals surface area contributed by atoms with E-state index < -0.39 is 10.4 Å². The quantitative estimate of drug-likeness (QED) is 0.667. The summed E-state index contributed by atoms with van der Waals surface area (Å²) in [6.07, 6.45) is 0. The summed E-state index contributed by atoms with van der Waals surface area (Å²) in [6, 6.07) is 8.06. The van der Waals surface area contributed by atoms with Gasteiger partial charge in [0, 0.05) is 7.05 Å². The summed E-state index contributed by atoms with van der Waals surface area (Å²) >= 11 is 0. The fourth-order valence-electron chi connectivity index (χ4n) is 0.632. The van der Waals surface area contributed by atoms with Gasteiger partial charge in [-0.1, -0.05) is 22.1 Å². The predicted molar refractivity (Wildman–Crippen MR) is 44.7 cm³/mol. The Morgan fingerprint density at radius 2 is 2.00 bits per heavy atom. The molecule has 1 rings (SSSR count). The zero-order valence-corrected chi connectivity index (χ0v) is 7.25. The zero-order chi connectivity index (χ0) is 9.03. The van der Waals surface area contributed by atoms with Crippen molar-refractivity contribution in [2.24, 2.45) is 4.36 Å². The van der Waals surface area contributed by atoms with Crippen molar-refractivity contribution in [2.45, 2.75) is 0 Å². The van der Waals surface area contributed by atoms with Gasteiger partial charge < -0.3 is 4.18 Å². The molecule has 1 unspecified atom stereocenters. The van der Waals surface area contributed by atoms with Gasteiger partial charge in [-0.25, -0.2) is 0 Å². The molecular formula is C7H8FNO2S. The first-order valence-corrected chi connectivity index (χ1v) is 4.57. The van der Waals surface area contributed by atoms with Crippen LogP contribution in [0.3, 0.4) is 0 Å². The maximum absolute atomic E-state index is 12.6. The lowest BCUT2D eigenvalue weighted by molar-refractivity contribution is 0.504. The van der Waals surface area contributed by atoms with Crippen molar-refractivity contribution < 1.29 is 12.3 Å². The highest BCUT2D eigenvalue weighted by molar-refractivity contribution is 7.84. The number of hydrogen-bond donors (Lipinski definition) is 0. The van der Waals surface area contributed by atoms with Gasteiger partial charge in [-0.3, -0.25) is 0 Å². The van der Waals surface area contributed by atoms with Crippen LogP contribution in [0.1, 0.15) is 0 Å². The third kappa shape index (κ3) is 2.50. The smallest absolute Gasteiger partial charge is 0.373 e. The van der Waals surface area contributed by atoms with Crippen LogP contribution in [0, 0.1) is 0 Å². The van der Waals surface area contributed by atoms with Crippen molar-refractivity contribution in [3.05, 3.63) is 30.3 Å². The second kappa shape index (κ2) is 3.53. The van der Waals surface area contributed by atoms with Crippen LogP contribution < -0.4 is 4.18 Å². The molecule has 1 aromatic rings. The van der Waals surface area contributed by atoms with Crippen LogP contribution in [0.4, 0.5) is 3.89 Å². The molecule has 0 amide bonds. The van der Waals surface area contributed by atoms with Crippen LogP contribution >= 0.6 is 0 Å². The molecule has 12 heavy (non-hydrogen) atoms. The van der Waals surface area contributed by atoms with Gasteiger partial charge in [-0.2, -0.15) is 8.57 Å². The first kappa shape index (κ1) is 8.99. The summed E-state index contributed by atoms with van der Waals surface area (Å²) in [7, 11) is -2.90. The lowest BCUT2D eigenvalue weighted by atomic mass is 10.3. The van der Waals surface area contributed by atoms with E-state index >= 15 is 0 Å². The summed E-state index contributed by atoms with van der Waals surface area (Å²) in [5, 5.41) is 0. The number of halogens is 1. The van der Waals surface area contributed by atoms with E-state index in [9.17, 15) is 8.09 Å². The minimum atomic E-state index is -4.00. The number of hydrogen-bond acceptors (Lipinski definition) is 3. The first-order chi connectivity index (χ1) is 5.64. The molecule has 0 N–H and O–H groups in total. The van der Waals surface area contributed by atoms with Crippen LogP contribution in [0.5, 0.6) is 5.75 Å². The second-order valence-electron chi connectivity index (χ2n) is 1.99. The Morgan fingerprint density at radius 1 is 1.42 bits per heavy atom. The Balaban J connectivity index is 2.86. The van der Waals surface area contributed by atoms with Crippen molar-refractivity contribution in [3.8, 4) is 5.75 Å². The van der Waals surface area contributed by atoms with Crippen LogP contribution in [-0.4, -0.2) is 11.3 Å². The van der Waals surface area contributed by atoms with Gasteiger partial charge in [0.1, 0.15) is 5.75 Å². The number of nitrogens with zero attached hydrogens (tertiary/aromatic N) is 1. The highest BCUT2D eigenvalue weighted by Gasteiger charge is 2.05. The molecule has 0 spiro atoms. The zero-order valence-electron chi connectivity index (χ0n) is 6.44. The molecule has 1 aromatic carbocycles. The van der Waals surface area contributed by atoms with Crippen LogP contribution in [-0.2, 0) is 10.4 Å². The molecule has 0 aliphatic carbocycles. The third-order valence-corrected chi connectivity index (χ3v) is 1.99. The fourth-order valence-corrected chi connectivity index (χ4v) is 1.06. The fraction of sp³-hybridized carbons (Fsp3) is 0.143. The van der Waals surface area contributed by atoms with Crippen molar-refractivity contribution in [1.29, 1.82) is 0 Å². The Hall–Kier alpha value is -1.10. The maximum atomic E-state index is 12.6. The summed E-state index contributed by atoms with van der Waals surface area (Å²) < 4.78 is 30.7. The van der Waals surface area contributed by atoms with Gasteiger partial charge in [0.25, 0.3) is 0 Å². The van der Waals surface area contributed by atoms with E-state index in [4.69, 9.17) is 0 Å². The Bertz CT molecular complexity index is 357. The lowest BCUT2D eigenvalue weighted by Crippen LogP contribution is -2.00. The lowest BCUT2D eigenvalue weighted by Gasteiger charge is -2.00. The molecule has 5 heteroatoms. The third-order valence-electron chi connectivity index (χ3n) is 1.16. The highest BCUT2D eigenvalue weighted by Crippen LogP contribution is 2.13. The average molecular weight is 189 g/mol. The van der Waals surface area contributed by atoms with E-state index in [-0.39, 0.29) is 5.75 Å². The van der Waals surface area contributed by atoms with Crippen LogP contribution in [0.25, 0.3) is 0 Å². The molecule has 0 saturated heterocycles. The normalized spacial score (nSPS) is 14.8. The molecule has 3 nitrogen and oxygen atoms in total. The SMILES string of the molecule is CN=S(=O)(F)Oc1ccccc1. The van der Waals surface area contributed by atoms with E-state index in [1.165, 1.54) is 12.1 Å². The first-order valence-electron chi connectivity index (χ1n) is 3.23. The molecule has 0 aliphatic heterocycles. The highest BCUT2D eigenvalue weighted by atomic mass is 32.3. The average Bonchev–Trinajstić information content (AvgIpc) is 2.06. The predicted octanol–water partition coefficient (Wildman–Crippen LogP) is 1.96. The molecule has 0 saturated carbocycles. The topological polar surface area (TPSA) is 38.7 Å². The molecule has 0 aliphatic rings. The van der Waals surface area contributed by atoms with E-state index in [0.717, 1.165) is 7.05 Å². The van der Waals surface area contributed by atoms with E-state index in [1.807, 2.05) is 0 Å². The Morgan fingerprint density at radius 3 is 2.50 bits per heavy atom. The van der Waals surface area contributed by atoms with E-state index in [2.05, 4.69) is 8.55 Å². The van der Waals surface area contributed by atoms with Gasteiger partial charge in [0.2, 0.25) is 0 Å². The van der Waals surface area contributed by atoms with Crippen molar-refractivity contribution >= 4 is 10.4 Å². The van der Waals surface area contributed by atoms with Crippen LogP contribution in [0.2, 0.25) is 0 Å². The molecule has 0 radical (unpaired) electrons. The summed E-state index contributed by atoms with van der Waals surface area (Å²) in [4.78, 5) is 0. The molecule has 1 atom stereocenters. The Labute approximate surface area is 70.9 Å². The van der Waals surface area contributed by atoms with Crippen molar-refractivity contribution in [1.82, 2.24) is 0 Å². The monoisotopic (exact) mass is 189 g/mol. The molecule has 0 aromatic heterocycles. The summed E-state index contributed by atoms with van der Waals surface area (Å²) in [6.45, 7) is 0. The molecular weight excluding hydrogens is 181 g/mol. The molecule has 0 fully saturated rings. The van der Waals surface area contributed by atoms with Crippen LogP contribution in [0.15, 0.2) is 34.7 Å². The maximum Gasteiger partial charge on any atom is 0.377 e. The van der Waals surface area contributed by atoms with Gasteiger partial charge in [0.15, 0.2) is 0 Å². The largest absolute Gasteiger partial charge is 0.377 e. The van der Waals surface area contributed by atoms with Gasteiger partial charge in [-0.15, -0.1) is 0 Å². The molecule has 66 valence electrons. The van der Waals surface area contributed by atoms with Gasteiger partial charge in [-0.05, 0) is 12.1 Å². The van der Waals surface area contributed by atoms with Crippen molar-refractivity contribution in [2.75, 3.05) is 7.05 Å². The molecule has 0 heterocycles. The standard InChI is InChI=1S/C7H8FNO2S/c1-9-12(8,10)11-7-5-3-2-4-6-7/h2-6H,1H3. The number of benzene rings is 1. The Kier molecular flexibility index (Phi) is 2.65. The van der Waals surface area contributed by atoms with E-state index in [0.29, 0.717) is 0 Å². The second-order valence-corrected chi connectivity index (χ2v) is 3.35. The minimum Gasteiger partial charge on any atom is -0.373 e. The summed E-state index contributed by atoms with van der Waals surface area (Å²) in [5.41, 5.74) is 0. The van der Waals surface area contributed by atoms with E-state index in [1.54, 1.807) is 18.2 Å².